The largest absolute Gasteiger partial charge is 0.508 e. The van der Waals surface area contributed by atoms with Gasteiger partial charge in [-0.05, 0) is 43.9 Å². The number of esters is 2. The van der Waals surface area contributed by atoms with Crippen molar-refractivity contribution >= 4 is 24.1 Å². The Morgan fingerprint density at radius 2 is 1.56 bits per heavy atom. The molecule has 0 bridgehead atoms. The number of hydrogen-bond acceptors (Lipinski definition) is 9. The number of carbonyl (C=O) groups is 4. The van der Waals surface area contributed by atoms with Gasteiger partial charge < -0.3 is 29.8 Å². The van der Waals surface area contributed by atoms with E-state index in [9.17, 15) is 24.3 Å². The van der Waals surface area contributed by atoms with Gasteiger partial charge in [-0.15, -0.1) is 0 Å². The molecule has 0 aliphatic heterocycles. The van der Waals surface area contributed by atoms with Crippen LogP contribution in [-0.2, 0) is 30.3 Å². The SMILES string of the molecule is CCCCCOC(=O)O[C@@H](C)CC(N)(Cc1ccc(OC(=O)CCC)c(OC(=O)CCC)c1)C(=O)O. The molecule has 36 heavy (non-hydrogen) atoms. The molecule has 0 saturated carbocycles. The second-order valence-electron chi connectivity index (χ2n) is 8.81. The number of aliphatic carboxylic acids is 1. The fraction of sp³-hybridized carbons (Fsp3) is 0.615. The minimum absolute atomic E-state index is 0.00287. The van der Waals surface area contributed by atoms with E-state index in [0.29, 0.717) is 24.8 Å². The summed E-state index contributed by atoms with van der Waals surface area (Å²) in [5.41, 5.74) is 4.86. The van der Waals surface area contributed by atoms with Crippen LogP contribution in [0.5, 0.6) is 11.5 Å². The monoisotopic (exact) mass is 509 g/mol. The summed E-state index contributed by atoms with van der Waals surface area (Å²) in [5.74, 6) is -2.23. The van der Waals surface area contributed by atoms with Crippen LogP contribution in [0.2, 0.25) is 0 Å². The Balaban J connectivity index is 3.01. The molecule has 0 aliphatic rings. The van der Waals surface area contributed by atoms with Crippen molar-refractivity contribution < 1.29 is 43.2 Å². The summed E-state index contributed by atoms with van der Waals surface area (Å²) in [6.07, 6.45) is 2.04. The highest BCUT2D eigenvalue weighted by Crippen LogP contribution is 2.31. The molecular formula is C26H39NO9. The van der Waals surface area contributed by atoms with E-state index in [4.69, 9.17) is 24.7 Å². The van der Waals surface area contributed by atoms with E-state index in [1.165, 1.54) is 19.1 Å². The van der Waals surface area contributed by atoms with E-state index < -0.39 is 35.7 Å². The summed E-state index contributed by atoms with van der Waals surface area (Å²) in [4.78, 5) is 48.0. The van der Waals surface area contributed by atoms with Crippen molar-refractivity contribution in [2.75, 3.05) is 6.61 Å². The van der Waals surface area contributed by atoms with Crippen LogP contribution in [0.3, 0.4) is 0 Å². The van der Waals surface area contributed by atoms with Crippen LogP contribution in [0, 0.1) is 0 Å². The first-order valence-corrected chi connectivity index (χ1v) is 12.4. The van der Waals surface area contributed by atoms with Gasteiger partial charge in [0.2, 0.25) is 0 Å². The molecule has 0 aliphatic carbocycles. The average molecular weight is 510 g/mol. The third kappa shape index (κ3) is 11.1. The number of nitrogens with two attached hydrogens (primary N) is 1. The zero-order valence-corrected chi connectivity index (χ0v) is 21.7. The highest BCUT2D eigenvalue weighted by molar-refractivity contribution is 5.79. The lowest BCUT2D eigenvalue weighted by Gasteiger charge is -2.28. The van der Waals surface area contributed by atoms with Crippen LogP contribution < -0.4 is 15.2 Å². The predicted octanol–water partition coefficient (Wildman–Crippen LogP) is 4.54. The van der Waals surface area contributed by atoms with Gasteiger partial charge in [-0.2, -0.15) is 0 Å². The molecule has 2 atom stereocenters. The normalized spacial score (nSPS) is 13.2. The summed E-state index contributed by atoms with van der Waals surface area (Å²) in [5, 5.41) is 9.84. The zero-order chi connectivity index (χ0) is 27.1. The first-order chi connectivity index (χ1) is 17.0. The Morgan fingerprint density at radius 1 is 0.944 bits per heavy atom. The van der Waals surface area contributed by atoms with Gasteiger partial charge in [0.05, 0.1) is 6.61 Å². The van der Waals surface area contributed by atoms with Crippen molar-refractivity contribution in [3.05, 3.63) is 23.8 Å². The lowest BCUT2D eigenvalue weighted by atomic mass is 9.86. The molecule has 202 valence electrons. The fourth-order valence-electron chi connectivity index (χ4n) is 3.44. The van der Waals surface area contributed by atoms with Gasteiger partial charge in [-0.3, -0.25) is 14.4 Å². The maximum absolute atomic E-state index is 12.1. The van der Waals surface area contributed by atoms with Gasteiger partial charge >= 0.3 is 24.1 Å². The zero-order valence-electron chi connectivity index (χ0n) is 21.7. The van der Waals surface area contributed by atoms with Crippen molar-refractivity contribution in [1.29, 1.82) is 0 Å². The Labute approximate surface area is 212 Å². The summed E-state index contributed by atoms with van der Waals surface area (Å²) >= 11 is 0. The van der Waals surface area contributed by atoms with Crippen LogP contribution in [0.4, 0.5) is 4.79 Å². The second-order valence-corrected chi connectivity index (χ2v) is 8.81. The molecule has 1 aromatic carbocycles. The fourth-order valence-corrected chi connectivity index (χ4v) is 3.44. The van der Waals surface area contributed by atoms with E-state index in [2.05, 4.69) is 0 Å². The molecule has 0 fully saturated rings. The standard InChI is InChI=1S/C26H39NO9/c1-5-8-9-14-33-25(32)34-18(4)16-26(27,24(30)31)17-19-12-13-20(35-22(28)10-6-2)21(15-19)36-23(29)11-7-3/h12-13,15,18H,5-11,14,16-17,27H2,1-4H3,(H,30,31)/t18-,26?/m0/s1. The summed E-state index contributed by atoms with van der Waals surface area (Å²) < 4.78 is 20.9. The Hall–Kier alpha value is -3.14. The van der Waals surface area contributed by atoms with Gasteiger partial charge in [0, 0.05) is 25.7 Å². The van der Waals surface area contributed by atoms with Crippen molar-refractivity contribution in [2.24, 2.45) is 5.73 Å². The molecule has 0 spiro atoms. The topological polar surface area (TPSA) is 151 Å². The lowest BCUT2D eigenvalue weighted by Crippen LogP contribution is -2.52. The third-order valence-electron chi connectivity index (χ3n) is 5.23. The number of unbranched alkanes of at least 4 members (excludes halogenated alkanes) is 2. The quantitative estimate of drug-likeness (QED) is 0.184. The van der Waals surface area contributed by atoms with Crippen molar-refractivity contribution in [2.45, 2.75) is 97.1 Å². The van der Waals surface area contributed by atoms with Gasteiger partial charge in [0.15, 0.2) is 11.5 Å². The molecule has 1 aromatic rings. The average Bonchev–Trinajstić information content (AvgIpc) is 2.78. The van der Waals surface area contributed by atoms with E-state index in [1.54, 1.807) is 6.07 Å². The first kappa shape index (κ1) is 30.9. The second kappa shape index (κ2) is 15.8. The Bertz CT molecular complexity index is 886. The van der Waals surface area contributed by atoms with E-state index in [-0.39, 0.29) is 43.8 Å². The third-order valence-corrected chi connectivity index (χ3v) is 5.23. The lowest BCUT2D eigenvalue weighted by molar-refractivity contribution is -0.144. The number of carboxylic acids is 1. The summed E-state index contributed by atoms with van der Waals surface area (Å²) in [6.45, 7) is 7.43. The molecule has 0 saturated heterocycles. The Kier molecular flexibility index (Phi) is 13.5. The predicted molar refractivity (Wildman–Crippen MR) is 132 cm³/mol. The number of hydrogen-bond donors (Lipinski definition) is 2. The van der Waals surface area contributed by atoms with Gasteiger partial charge in [0.1, 0.15) is 11.6 Å². The number of rotatable bonds is 16. The summed E-state index contributed by atoms with van der Waals surface area (Å²) in [7, 11) is 0. The first-order valence-electron chi connectivity index (χ1n) is 12.4. The van der Waals surface area contributed by atoms with Gasteiger partial charge in [-0.1, -0.05) is 39.7 Å². The molecule has 0 amide bonds. The molecule has 1 unspecified atom stereocenters. The van der Waals surface area contributed by atoms with Crippen LogP contribution in [0.25, 0.3) is 0 Å². The number of carboxylic acid groups (broad SMARTS) is 1. The number of ether oxygens (including phenoxy) is 4. The van der Waals surface area contributed by atoms with Crippen LogP contribution in [-0.4, -0.2) is 47.4 Å². The van der Waals surface area contributed by atoms with Crippen LogP contribution in [0.1, 0.15) is 84.6 Å². The number of carbonyl (C=O) groups excluding carboxylic acids is 3. The molecule has 1 rings (SSSR count). The highest BCUT2D eigenvalue weighted by atomic mass is 16.7. The molecule has 0 heterocycles. The molecule has 0 aromatic heterocycles. The minimum atomic E-state index is -1.80. The smallest absolute Gasteiger partial charge is 0.480 e. The van der Waals surface area contributed by atoms with Crippen molar-refractivity contribution in [3.63, 3.8) is 0 Å². The van der Waals surface area contributed by atoms with E-state index >= 15 is 0 Å². The maximum atomic E-state index is 12.1. The number of benzene rings is 1. The maximum Gasteiger partial charge on any atom is 0.508 e. The molecule has 3 N–H and O–H groups in total. The van der Waals surface area contributed by atoms with E-state index in [0.717, 1.165) is 12.8 Å². The van der Waals surface area contributed by atoms with Crippen molar-refractivity contribution in [1.82, 2.24) is 0 Å². The van der Waals surface area contributed by atoms with Gasteiger partial charge in [0.25, 0.3) is 0 Å². The minimum Gasteiger partial charge on any atom is -0.480 e. The molecular weight excluding hydrogens is 470 g/mol. The molecule has 10 heteroatoms. The van der Waals surface area contributed by atoms with Crippen LogP contribution in [0.15, 0.2) is 18.2 Å². The molecule has 0 radical (unpaired) electrons. The van der Waals surface area contributed by atoms with Crippen molar-refractivity contribution in [3.8, 4) is 11.5 Å². The summed E-state index contributed by atoms with van der Waals surface area (Å²) in [6, 6.07) is 4.41. The van der Waals surface area contributed by atoms with Crippen LogP contribution >= 0.6 is 0 Å². The Morgan fingerprint density at radius 3 is 2.11 bits per heavy atom. The highest BCUT2D eigenvalue weighted by Gasteiger charge is 2.37. The van der Waals surface area contributed by atoms with Gasteiger partial charge in [-0.25, -0.2) is 4.79 Å². The van der Waals surface area contributed by atoms with E-state index in [1.807, 2.05) is 20.8 Å². The molecule has 10 nitrogen and oxygen atoms in total.